The van der Waals surface area contributed by atoms with Gasteiger partial charge in [-0.05, 0) is 37.1 Å². The van der Waals surface area contributed by atoms with Gasteiger partial charge in [-0.2, -0.15) is 0 Å². The summed E-state index contributed by atoms with van der Waals surface area (Å²) in [5, 5.41) is 9.64. The lowest BCUT2D eigenvalue weighted by atomic mass is 9.96. The van der Waals surface area contributed by atoms with Crippen molar-refractivity contribution in [2.75, 3.05) is 24.8 Å². The van der Waals surface area contributed by atoms with Gasteiger partial charge in [-0.1, -0.05) is 41.4 Å². The van der Waals surface area contributed by atoms with Crippen LogP contribution in [0.4, 0.5) is 14.5 Å². The van der Waals surface area contributed by atoms with Crippen molar-refractivity contribution in [1.82, 2.24) is 4.90 Å². The zero-order valence-corrected chi connectivity index (χ0v) is 21.9. The van der Waals surface area contributed by atoms with Crippen LogP contribution in [0.1, 0.15) is 39.1 Å². The van der Waals surface area contributed by atoms with E-state index in [0.717, 1.165) is 31.0 Å². The number of para-hydroxylation sites is 1. The molecule has 3 aromatic carbocycles. The van der Waals surface area contributed by atoms with Crippen LogP contribution in [0.2, 0.25) is 10.0 Å². The SMILES string of the molecule is O=C(O)c1cc(F)c(-c2cccc3c2OCN(C(=O)c2c(Cl)cc(F)cc2Cl)C3)cc1N1C2CCC1COC2. The maximum Gasteiger partial charge on any atom is 0.337 e. The second kappa shape index (κ2) is 9.97. The Morgan fingerprint density at radius 1 is 0.974 bits per heavy atom. The van der Waals surface area contributed by atoms with E-state index in [9.17, 15) is 19.1 Å². The molecule has 2 unspecified atom stereocenters. The summed E-state index contributed by atoms with van der Waals surface area (Å²) in [6, 6.07) is 9.85. The Hall–Kier alpha value is -3.40. The molecule has 3 aromatic rings. The summed E-state index contributed by atoms with van der Waals surface area (Å²) in [5.41, 5.74) is 1.54. The Kier molecular flexibility index (Phi) is 6.61. The van der Waals surface area contributed by atoms with Gasteiger partial charge in [0.2, 0.25) is 0 Å². The maximum absolute atomic E-state index is 15.5. The molecule has 3 aliphatic rings. The molecule has 7 nitrogen and oxygen atoms in total. The fraction of sp³-hybridized carbons (Fsp3) is 0.286. The molecule has 0 spiro atoms. The highest BCUT2D eigenvalue weighted by molar-refractivity contribution is 6.39. The molecule has 3 aliphatic heterocycles. The minimum absolute atomic E-state index is 0.0192. The zero-order chi connectivity index (χ0) is 27.4. The van der Waals surface area contributed by atoms with Crippen LogP contribution in [0.5, 0.6) is 5.75 Å². The number of hydrogen-bond acceptors (Lipinski definition) is 5. The van der Waals surface area contributed by atoms with E-state index < -0.39 is 23.5 Å². The molecule has 0 aromatic heterocycles. The molecule has 1 amide bonds. The summed E-state index contributed by atoms with van der Waals surface area (Å²) in [6.45, 7) is 0.902. The Labute approximate surface area is 232 Å². The fourth-order valence-electron chi connectivity index (χ4n) is 5.70. The number of rotatable bonds is 4. The molecular formula is C28H22Cl2F2N2O5. The Morgan fingerprint density at radius 3 is 2.33 bits per heavy atom. The van der Waals surface area contributed by atoms with E-state index >= 15 is 4.39 Å². The molecule has 11 heteroatoms. The molecular weight excluding hydrogens is 553 g/mol. The van der Waals surface area contributed by atoms with Crippen LogP contribution in [0, 0.1) is 11.6 Å². The van der Waals surface area contributed by atoms with Crippen molar-refractivity contribution in [2.45, 2.75) is 31.5 Å². The highest BCUT2D eigenvalue weighted by Crippen LogP contribution is 2.43. The second-order valence-corrected chi connectivity index (χ2v) is 10.6. The van der Waals surface area contributed by atoms with Crippen molar-refractivity contribution in [3.63, 3.8) is 0 Å². The normalized spacial score (nSPS) is 20.0. The third-order valence-electron chi connectivity index (χ3n) is 7.45. The number of benzene rings is 3. The van der Waals surface area contributed by atoms with E-state index in [0.29, 0.717) is 35.8 Å². The molecule has 0 radical (unpaired) electrons. The lowest BCUT2D eigenvalue weighted by Crippen LogP contribution is -2.46. The summed E-state index contributed by atoms with van der Waals surface area (Å²) in [6.07, 6.45) is 1.73. The minimum atomic E-state index is -1.21. The van der Waals surface area contributed by atoms with Crippen molar-refractivity contribution in [1.29, 1.82) is 0 Å². The summed E-state index contributed by atoms with van der Waals surface area (Å²) in [4.78, 5) is 28.7. The molecule has 1 N–H and O–H groups in total. The number of morpholine rings is 1. The molecule has 0 saturated carbocycles. The van der Waals surface area contributed by atoms with Crippen LogP contribution in [0.3, 0.4) is 0 Å². The minimum Gasteiger partial charge on any atom is -0.478 e. The topological polar surface area (TPSA) is 79.3 Å². The smallest absolute Gasteiger partial charge is 0.337 e. The quantitative estimate of drug-likeness (QED) is 0.412. The second-order valence-electron chi connectivity index (χ2n) is 9.80. The van der Waals surface area contributed by atoms with Gasteiger partial charge in [0.05, 0.1) is 58.7 Å². The molecule has 39 heavy (non-hydrogen) atoms. The van der Waals surface area contributed by atoms with Crippen LogP contribution in [-0.2, 0) is 11.3 Å². The number of carboxylic acids is 1. The number of anilines is 1. The van der Waals surface area contributed by atoms with Gasteiger partial charge < -0.3 is 24.4 Å². The van der Waals surface area contributed by atoms with Gasteiger partial charge in [0.1, 0.15) is 17.4 Å². The molecule has 2 fully saturated rings. The Bertz CT molecular complexity index is 1480. The fourth-order valence-corrected chi connectivity index (χ4v) is 6.32. The lowest BCUT2D eigenvalue weighted by Gasteiger charge is -2.37. The van der Waals surface area contributed by atoms with Gasteiger partial charge in [-0.25, -0.2) is 13.6 Å². The number of fused-ring (bicyclic) bond motifs is 3. The molecule has 2 saturated heterocycles. The largest absolute Gasteiger partial charge is 0.478 e. The first kappa shape index (κ1) is 25.9. The average molecular weight is 575 g/mol. The van der Waals surface area contributed by atoms with Crippen molar-refractivity contribution >= 4 is 40.8 Å². The van der Waals surface area contributed by atoms with E-state index in [-0.39, 0.29) is 52.1 Å². The standard InChI is InChI=1S/C28H22Cl2F2N2O5/c29-21-6-15(31)7-22(30)25(21)27(35)33-10-14-2-1-3-18(26(14)39-13-33)19-9-24(20(28(36)37)8-23(19)32)34-16-4-5-17(34)12-38-11-16/h1-3,6-9,16-17H,4-5,10-13H2,(H,36,37). The van der Waals surface area contributed by atoms with E-state index in [4.69, 9.17) is 32.7 Å². The average Bonchev–Trinajstić information content (AvgIpc) is 3.14. The van der Waals surface area contributed by atoms with Crippen LogP contribution in [0.25, 0.3) is 11.1 Å². The molecule has 0 aliphatic carbocycles. The number of ether oxygens (including phenoxy) is 2. The highest BCUT2D eigenvalue weighted by atomic mass is 35.5. The van der Waals surface area contributed by atoms with E-state index in [1.807, 2.05) is 4.90 Å². The van der Waals surface area contributed by atoms with Crippen LogP contribution >= 0.6 is 23.2 Å². The van der Waals surface area contributed by atoms with Crippen molar-refractivity contribution in [3.8, 4) is 16.9 Å². The first-order valence-corrected chi connectivity index (χ1v) is 13.1. The van der Waals surface area contributed by atoms with Gasteiger partial charge in [0, 0.05) is 16.7 Å². The predicted molar refractivity (Wildman–Crippen MR) is 141 cm³/mol. The maximum atomic E-state index is 15.5. The van der Waals surface area contributed by atoms with E-state index in [2.05, 4.69) is 0 Å². The first-order valence-electron chi connectivity index (χ1n) is 12.3. The van der Waals surface area contributed by atoms with Crippen molar-refractivity contribution in [3.05, 3.63) is 80.8 Å². The van der Waals surface area contributed by atoms with Crippen molar-refractivity contribution in [2.24, 2.45) is 0 Å². The number of hydrogen-bond donors (Lipinski definition) is 1. The summed E-state index contributed by atoms with van der Waals surface area (Å²) >= 11 is 12.2. The van der Waals surface area contributed by atoms with E-state index in [1.54, 1.807) is 24.3 Å². The number of aromatic carboxylic acids is 1. The third kappa shape index (κ3) is 4.48. The predicted octanol–water partition coefficient (Wildman–Crippen LogP) is 6.00. The summed E-state index contributed by atoms with van der Waals surface area (Å²) in [5.74, 6) is -2.72. The van der Waals surface area contributed by atoms with Crippen LogP contribution in [0.15, 0.2) is 42.5 Å². The highest BCUT2D eigenvalue weighted by Gasteiger charge is 2.40. The van der Waals surface area contributed by atoms with Gasteiger partial charge in [-0.3, -0.25) is 4.79 Å². The number of halogens is 4. The zero-order valence-electron chi connectivity index (χ0n) is 20.4. The van der Waals surface area contributed by atoms with Crippen molar-refractivity contribution < 1.29 is 33.0 Å². The number of carbonyl (C=O) groups excluding carboxylic acids is 1. The van der Waals surface area contributed by atoms with Crippen LogP contribution < -0.4 is 9.64 Å². The number of carbonyl (C=O) groups is 2. The van der Waals surface area contributed by atoms with Gasteiger partial charge in [0.25, 0.3) is 5.91 Å². The summed E-state index contributed by atoms with van der Waals surface area (Å²) < 4.78 is 40.7. The molecule has 2 atom stereocenters. The Balaban J connectivity index is 1.37. The summed E-state index contributed by atoms with van der Waals surface area (Å²) in [7, 11) is 0. The lowest BCUT2D eigenvalue weighted by molar-refractivity contribution is 0.0516. The molecule has 6 rings (SSSR count). The third-order valence-corrected chi connectivity index (χ3v) is 8.05. The van der Waals surface area contributed by atoms with Gasteiger partial charge >= 0.3 is 5.97 Å². The van der Waals surface area contributed by atoms with Gasteiger partial charge in [-0.15, -0.1) is 0 Å². The Morgan fingerprint density at radius 2 is 1.67 bits per heavy atom. The number of carboxylic acid groups (broad SMARTS) is 1. The number of amides is 1. The number of nitrogens with zero attached hydrogens (tertiary/aromatic N) is 2. The van der Waals surface area contributed by atoms with Gasteiger partial charge in [0.15, 0.2) is 6.73 Å². The van der Waals surface area contributed by atoms with Crippen LogP contribution in [-0.4, -0.2) is 53.9 Å². The molecule has 202 valence electrons. The molecule has 2 bridgehead atoms. The molecule has 3 heterocycles. The first-order chi connectivity index (χ1) is 18.7. The monoisotopic (exact) mass is 574 g/mol. The van der Waals surface area contributed by atoms with E-state index in [1.165, 1.54) is 4.90 Å².